The number of amides is 2. The predicted octanol–water partition coefficient (Wildman–Crippen LogP) is 3.63. The fourth-order valence-electron chi connectivity index (χ4n) is 3.01. The van der Waals surface area contributed by atoms with Crippen LogP contribution in [0.25, 0.3) is 0 Å². The maximum Gasteiger partial charge on any atom is 0.442 e. The summed E-state index contributed by atoms with van der Waals surface area (Å²) in [4.78, 5) is 29.8. The number of aliphatic imine (C=N–C) groups is 1. The Morgan fingerprint density at radius 3 is 2.52 bits per heavy atom. The number of unbranched alkanes of at least 4 members (excludes halogenated alkanes) is 1. The Balaban J connectivity index is 2.06. The average molecular weight is 407 g/mol. The number of amidine groups is 1. The zero-order valence-electron chi connectivity index (χ0n) is 15.7. The van der Waals surface area contributed by atoms with Gasteiger partial charge in [-0.3, -0.25) is 14.5 Å². The van der Waals surface area contributed by atoms with E-state index < -0.39 is 23.7 Å². The van der Waals surface area contributed by atoms with Crippen LogP contribution in [0.5, 0.6) is 0 Å². The van der Waals surface area contributed by atoms with Crippen molar-refractivity contribution in [3.05, 3.63) is 60.1 Å². The van der Waals surface area contributed by atoms with E-state index in [1.807, 2.05) is 12.2 Å². The van der Waals surface area contributed by atoms with E-state index in [0.717, 1.165) is 4.90 Å². The Bertz CT molecular complexity index is 895. The molecule has 0 saturated carbocycles. The summed E-state index contributed by atoms with van der Waals surface area (Å²) in [6.45, 7) is 1.56. The Kier molecular flexibility index (Phi) is 5.76. The summed E-state index contributed by atoms with van der Waals surface area (Å²) in [6, 6.07) is 11.2. The molecule has 1 aromatic heterocycles. The van der Waals surface area contributed by atoms with Gasteiger partial charge in [0.2, 0.25) is 5.91 Å². The normalized spacial score (nSPS) is 19.4. The van der Waals surface area contributed by atoms with Crippen LogP contribution in [0.1, 0.15) is 37.5 Å². The third-order valence-electron chi connectivity index (χ3n) is 4.50. The highest BCUT2D eigenvalue weighted by molar-refractivity contribution is 6.16. The number of furan rings is 1. The maximum atomic E-state index is 14.1. The SMILES string of the molecule is CCCCC(=O)N[C@@]1(C(F)(F)F)N=C(c2ccccc2)N(Cc2ccco2)C1=O. The minimum Gasteiger partial charge on any atom is -0.467 e. The van der Waals surface area contributed by atoms with Crippen LogP contribution < -0.4 is 5.32 Å². The first kappa shape index (κ1) is 20.6. The summed E-state index contributed by atoms with van der Waals surface area (Å²) < 4.78 is 47.5. The number of carbonyl (C=O) groups excluding carboxylic acids is 2. The van der Waals surface area contributed by atoms with Crippen molar-refractivity contribution in [3.8, 4) is 0 Å². The lowest BCUT2D eigenvalue weighted by atomic mass is 10.1. The van der Waals surface area contributed by atoms with Crippen molar-refractivity contribution in [1.29, 1.82) is 0 Å². The van der Waals surface area contributed by atoms with E-state index in [-0.39, 0.29) is 24.6 Å². The van der Waals surface area contributed by atoms with Crippen LogP contribution in [-0.4, -0.2) is 34.4 Å². The van der Waals surface area contributed by atoms with Gasteiger partial charge in [0.25, 0.3) is 5.91 Å². The van der Waals surface area contributed by atoms with Gasteiger partial charge in [-0.05, 0) is 18.6 Å². The first-order valence-corrected chi connectivity index (χ1v) is 9.16. The van der Waals surface area contributed by atoms with Crippen LogP contribution in [-0.2, 0) is 16.1 Å². The Labute approximate surface area is 165 Å². The van der Waals surface area contributed by atoms with Gasteiger partial charge in [-0.1, -0.05) is 43.7 Å². The van der Waals surface area contributed by atoms with Gasteiger partial charge < -0.3 is 9.73 Å². The fourth-order valence-corrected chi connectivity index (χ4v) is 3.01. The van der Waals surface area contributed by atoms with Crippen LogP contribution in [0.2, 0.25) is 0 Å². The van der Waals surface area contributed by atoms with Crippen molar-refractivity contribution >= 4 is 17.6 Å². The molecule has 6 nitrogen and oxygen atoms in total. The molecule has 2 heterocycles. The fraction of sp³-hybridized carbons (Fsp3) is 0.350. The molecular formula is C20H20F3N3O3. The van der Waals surface area contributed by atoms with Crippen LogP contribution in [0, 0.1) is 0 Å². The smallest absolute Gasteiger partial charge is 0.442 e. The van der Waals surface area contributed by atoms with Crippen LogP contribution >= 0.6 is 0 Å². The monoisotopic (exact) mass is 407 g/mol. The van der Waals surface area contributed by atoms with Gasteiger partial charge in [0, 0.05) is 12.0 Å². The molecule has 9 heteroatoms. The molecule has 2 aromatic rings. The molecule has 0 bridgehead atoms. The summed E-state index contributed by atoms with van der Waals surface area (Å²) >= 11 is 0. The van der Waals surface area contributed by atoms with Crippen LogP contribution in [0.15, 0.2) is 58.1 Å². The molecule has 0 spiro atoms. The Morgan fingerprint density at radius 1 is 1.21 bits per heavy atom. The van der Waals surface area contributed by atoms with Crippen molar-refractivity contribution < 1.29 is 27.2 Å². The molecule has 0 fully saturated rings. The lowest BCUT2D eigenvalue weighted by Gasteiger charge is -2.29. The number of benzene rings is 1. The van der Waals surface area contributed by atoms with Crippen molar-refractivity contribution in [2.24, 2.45) is 4.99 Å². The highest BCUT2D eigenvalue weighted by Gasteiger charge is 2.67. The zero-order chi connectivity index (χ0) is 21.1. The number of hydrogen-bond acceptors (Lipinski definition) is 4. The Morgan fingerprint density at radius 2 is 1.93 bits per heavy atom. The van der Waals surface area contributed by atoms with E-state index in [1.165, 1.54) is 6.26 Å². The van der Waals surface area contributed by atoms with E-state index in [0.29, 0.717) is 18.4 Å². The van der Waals surface area contributed by atoms with E-state index in [9.17, 15) is 22.8 Å². The van der Waals surface area contributed by atoms with Crippen LogP contribution in [0.4, 0.5) is 13.2 Å². The number of nitrogens with one attached hydrogen (secondary N) is 1. The van der Waals surface area contributed by atoms with Crippen LogP contribution in [0.3, 0.4) is 0 Å². The maximum absolute atomic E-state index is 14.1. The molecule has 0 aliphatic carbocycles. The minimum atomic E-state index is -5.12. The van der Waals surface area contributed by atoms with Gasteiger partial charge in [-0.2, -0.15) is 13.2 Å². The molecule has 2 amide bonds. The second-order valence-electron chi connectivity index (χ2n) is 6.63. The van der Waals surface area contributed by atoms with Gasteiger partial charge in [0.05, 0.1) is 12.8 Å². The van der Waals surface area contributed by atoms with Gasteiger partial charge in [0.15, 0.2) is 0 Å². The highest BCUT2D eigenvalue weighted by atomic mass is 19.4. The van der Waals surface area contributed by atoms with Gasteiger partial charge in [-0.25, -0.2) is 4.99 Å². The number of nitrogens with zero attached hydrogens (tertiary/aromatic N) is 2. The molecule has 3 rings (SSSR count). The second-order valence-corrected chi connectivity index (χ2v) is 6.63. The largest absolute Gasteiger partial charge is 0.467 e. The molecule has 29 heavy (non-hydrogen) atoms. The van der Waals surface area contributed by atoms with E-state index in [4.69, 9.17) is 4.42 Å². The summed E-state index contributed by atoms with van der Waals surface area (Å²) in [5.74, 6) is -2.14. The average Bonchev–Trinajstić information content (AvgIpc) is 3.29. The predicted molar refractivity (Wildman–Crippen MR) is 98.7 cm³/mol. The molecule has 1 N–H and O–H groups in total. The van der Waals surface area contributed by atoms with E-state index in [2.05, 4.69) is 4.99 Å². The molecule has 0 radical (unpaired) electrons. The molecule has 1 aromatic carbocycles. The standard InChI is InChI=1S/C20H20F3N3O3/c1-2-3-11-16(27)24-19(20(21,22)23)18(28)26(13-15-10-7-12-29-15)17(25-19)14-8-5-4-6-9-14/h4-10,12H,2-3,11,13H2,1H3,(H,24,27)/t19-/m1/s1. The molecule has 1 aliphatic rings. The highest BCUT2D eigenvalue weighted by Crippen LogP contribution is 2.39. The number of hydrogen-bond donors (Lipinski definition) is 1. The number of alkyl halides is 3. The molecule has 1 aliphatic heterocycles. The number of carbonyl (C=O) groups is 2. The first-order valence-electron chi connectivity index (χ1n) is 9.16. The van der Waals surface area contributed by atoms with Crippen molar-refractivity contribution in [2.45, 2.75) is 44.6 Å². The van der Waals surface area contributed by atoms with Gasteiger partial charge in [0.1, 0.15) is 11.6 Å². The van der Waals surface area contributed by atoms with E-state index in [1.54, 1.807) is 42.5 Å². The zero-order valence-corrected chi connectivity index (χ0v) is 15.7. The van der Waals surface area contributed by atoms with Crippen molar-refractivity contribution in [1.82, 2.24) is 10.2 Å². The quantitative estimate of drug-likeness (QED) is 0.762. The lowest BCUT2D eigenvalue weighted by molar-refractivity contribution is -0.200. The molecule has 154 valence electrons. The van der Waals surface area contributed by atoms with Gasteiger partial charge >= 0.3 is 11.8 Å². The lowest BCUT2D eigenvalue weighted by Crippen LogP contribution is -2.63. The summed E-state index contributed by atoms with van der Waals surface area (Å²) in [6.07, 6.45) is -2.86. The minimum absolute atomic E-state index is 0.129. The number of halogens is 3. The molecule has 0 saturated heterocycles. The third kappa shape index (κ3) is 4.03. The van der Waals surface area contributed by atoms with Crippen molar-refractivity contribution in [3.63, 3.8) is 0 Å². The summed E-state index contributed by atoms with van der Waals surface area (Å²) in [7, 11) is 0. The second kappa shape index (κ2) is 8.10. The number of rotatable bonds is 7. The summed E-state index contributed by atoms with van der Waals surface area (Å²) in [5, 5.41) is 1.85. The molecule has 1 atom stereocenters. The van der Waals surface area contributed by atoms with Gasteiger partial charge in [-0.15, -0.1) is 0 Å². The van der Waals surface area contributed by atoms with E-state index >= 15 is 0 Å². The Hall–Kier alpha value is -3.10. The molecular weight excluding hydrogens is 387 g/mol. The topological polar surface area (TPSA) is 74.9 Å². The molecule has 0 unspecified atom stereocenters. The van der Waals surface area contributed by atoms with Crippen molar-refractivity contribution in [2.75, 3.05) is 0 Å². The first-order chi connectivity index (χ1) is 13.8. The summed E-state index contributed by atoms with van der Waals surface area (Å²) in [5.41, 5.74) is -3.04. The third-order valence-corrected chi connectivity index (χ3v) is 4.50.